The lowest BCUT2D eigenvalue weighted by Crippen LogP contribution is -2.07. The van der Waals surface area contributed by atoms with Gasteiger partial charge in [0.25, 0.3) is 0 Å². The molecular formula is C21H18F3N5O3. The van der Waals surface area contributed by atoms with Crippen molar-refractivity contribution in [1.29, 1.82) is 0 Å². The van der Waals surface area contributed by atoms with Crippen LogP contribution in [-0.4, -0.2) is 22.1 Å². The molecule has 4 aromatic rings. The smallest absolute Gasteiger partial charge is 0.417 e. The quantitative estimate of drug-likeness (QED) is 0.395. The van der Waals surface area contributed by atoms with Gasteiger partial charge in [0.05, 0.1) is 18.2 Å². The molecule has 8 nitrogen and oxygen atoms in total. The Morgan fingerprint density at radius 2 is 1.78 bits per heavy atom. The molecule has 166 valence electrons. The fourth-order valence-corrected chi connectivity index (χ4v) is 3.15. The standard InChI is InChI=1S/C21H18F3N5O3/c1-10-4-13(8-16-17(10)32-20(30)28-16)26-18-11(2)9-25-19(29-18)27-14-5-12(21(22,23)24)6-15(7-14)31-3/h4-9H,1-3H3,(H,28,30)(H2,25,26,27,29). The molecule has 0 aliphatic carbocycles. The van der Waals surface area contributed by atoms with Gasteiger partial charge in [-0.1, -0.05) is 0 Å². The third kappa shape index (κ3) is 4.36. The molecule has 2 aromatic carbocycles. The number of hydrogen-bond donors (Lipinski definition) is 3. The fraction of sp³-hybridized carbons (Fsp3) is 0.190. The molecule has 0 aliphatic heterocycles. The van der Waals surface area contributed by atoms with Crippen molar-refractivity contribution >= 4 is 34.2 Å². The first-order chi connectivity index (χ1) is 15.1. The number of benzene rings is 2. The number of fused-ring (bicyclic) bond motifs is 1. The molecule has 4 rings (SSSR count). The van der Waals surface area contributed by atoms with Gasteiger partial charge in [-0.25, -0.2) is 9.78 Å². The molecule has 0 atom stereocenters. The molecule has 3 N–H and O–H groups in total. The van der Waals surface area contributed by atoms with E-state index < -0.39 is 17.5 Å². The summed E-state index contributed by atoms with van der Waals surface area (Å²) in [6, 6.07) is 6.75. The summed E-state index contributed by atoms with van der Waals surface area (Å²) in [5.41, 5.74) is 2.34. The molecule has 0 spiro atoms. The van der Waals surface area contributed by atoms with Crippen molar-refractivity contribution in [3.8, 4) is 5.75 Å². The van der Waals surface area contributed by atoms with Crippen molar-refractivity contribution in [3.05, 3.63) is 63.8 Å². The van der Waals surface area contributed by atoms with Crippen molar-refractivity contribution in [2.24, 2.45) is 0 Å². The zero-order chi connectivity index (χ0) is 23.0. The van der Waals surface area contributed by atoms with Gasteiger partial charge in [-0.05, 0) is 43.7 Å². The number of ether oxygens (including phenoxy) is 1. The van der Waals surface area contributed by atoms with E-state index in [1.54, 1.807) is 26.0 Å². The van der Waals surface area contributed by atoms with Crippen molar-refractivity contribution in [2.75, 3.05) is 17.7 Å². The molecule has 0 saturated heterocycles. The highest BCUT2D eigenvalue weighted by Crippen LogP contribution is 2.35. The van der Waals surface area contributed by atoms with Crippen LogP contribution in [0, 0.1) is 13.8 Å². The van der Waals surface area contributed by atoms with E-state index in [0.29, 0.717) is 28.2 Å². The van der Waals surface area contributed by atoms with Crippen LogP contribution >= 0.6 is 0 Å². The Morgan fingerprint density at radius 3 is 2.50 bits per heavy atom. The highest BCUT2D eigenvalue weighted by Gasteiger charge is 2.31. The second kappa shape index (κ2) is 7.91. The van der Waals surface area contributed by atoms with E-state index in [-0.39, 0.29) is 17.4 Å². The predicted octanol–water partition coefficient (Wildman–Crippen LogP) is 5.04. The normalized spacial score (nSPS) is 11.6. The van der Waals surface area contributed by atoms with E-state index in [1.807, 2.05) is 0 Å². The van der Waals surface area contributed by atoms with Crippen molar-refractivity contribution in [1.82, 2.24) is 15.0 Å². The summed E-state index contributed by atoms with van der Waals surface area (Å²) in [5, 5.41) is 5.92. The summed E-state index contributed by atoms with van der Waals surface area (Å²) in [5.74, 6) is 0.0205. The van der Waals surface area contributed by atoms with Gasteiger partial charge < -0.3 is 19.8 Å². The predicted molar refractivity (Wildman–Crippen MR) is 113 cm³/mol. The Balaban J connectivity index is 1.64. The van der Waals surface area contributed by atoms with Crippen molar-refractivity contribution in [2.45, 2.75) is 20.0 Å². The molecule has 0 amide bonds. The summed E-state index contributed by atoms with van der Waals surface area (Å²) >= 11 is 0. The highest BCUT2D eigenvalue weighted by atomic mass is 19.4. The third-order valence-corrected chi connectivity index (χ3v) is 4.67. The van der Waals surface area contributed by atoms with E-state index in [0.717, 1.165) is 17.7 Å². The molecular weight excluding hydrogens is 427 g/mol. The number of oxazole rings is 1. The molecule has 0 bridgehead atoms. The Hall–Kier alpha value is -4.02. The van der Waals surface area contributed by atoms with Gasteiger partial charge in [-0.15, -0.1) is 0 Å². The molecule has 0 fully saturated rings. The third-order valence-electron chi connectivity index (χ3n) is 4.67. The minimum atomic E-state index is -4.53. The molecule has 2 aromatic heterocycles. The van der Waals surface area contributed by atoms with Gasteiger partial charge in [0.2, 0.25) is 5.95 Å². The van der Waals surface area contributed by atoms with Gasteiger partial charge in [0.1, 0.15) is 11.6 Å². The number of rotatable bonds is 5. The van der Waals surface area contributed by atoms with E-state index >= 15 is 0 Å². The van der Waals surface area contributed by atoms with Crippen LogP contribution in [-0.2, 0) is 6.18 Å². The molecule has 0 aliphatic rings. The van der Waals surface area contributed by atoms with Crippen LogP contribution in [0.4, 0.5) is 36.3 Å². The molecule has 0 unspecified atom stereocenters. The summed E-state index contributed by atoms with van der Waals surface area (Å²) < 4.78 is 49.6. The molecule has 11 heteroatoms. The van der Waals surface area contributed by atoms with E-state index in [1.165, 1.54) is 19.4 Å². The molecule has 32 heavy (non-hydrogen) atoms. The minimum Gasteiger partial charge on any atom is -0.497 e. The molecule has 0 saturated carbocycles. The largest absolute Gasteiger partial charge is 0.497 e. The number of aromatic amines is 1. The minimum absolute atomic E-state index is 0.0469. The summed E-state index contributed by atoms with van der Waals surface area (Å²) in [6.45, 7) is 3.58. The number of halogens is 3. The second-order valence-corrected chi connectivity index (χ2v) is 7.11. The van der Waals surface area contributed by atoms with Crippen LogP contribution in [0.15, 0.2) is 45.7 Å². The lowest BCUT2D eigenvalue weighted by molar-refractivity contribution is -0.137. The van der Waals surface area contributed by atoms with Crippen LogP contribution in [0.5, 0.6) is 5.75 Å². The topological polar surface area (TPSA) is 105 Å². The Morgan fingerprint density at radius 1 is 1.03 bits per heavy atom. The van der Waals surface area contributed by atoms with Crippen molar-refractivity contribution < 1.29 is 22.3 Å². The number of aryl methyl sites for hydroxylation is 2. The number of hydrogen-bond acceptors (Lipinski definition) is 7. The van der Waals surface area contributed by atoms with E-state index in [2.05, 4.69) is 25.6 Å². The average Bonchev–Trinajstić information content (AvgIpc) is 3.10. The number of anilines is 4. The van der Waals surface area contributed by atoms with Gasteiger partial charge >= 0.3 is 11.9 Å². The van der Waals surface area contributed by atoms with Crippen LogP contribution in [0.1, 0.15) is 16.7 Å². The number of aromatic nitrogens is 3. The van der Waals surface area contributed by atoms with Crippen molar-refractivity contribution in [3.63, 3.8) is 0 Å². The Kier molecular flexibility index (Phi) is 5.25. The number of alkyl halides is 3. The SMILES string of the molecule is COc1cc(Nc2ncc(C)c(Nc3cc(C)c4oc(=O)[nH]c4c3)n2)cc(C(F)(F)F)c1. The fourth-order valence-electron chi connectivity index (χ4n) is 3.15. The van der Waals surface area contributed by atoms with Gasteiger partial charge in [0.15, 0.2) is 5.58 Å². The first kappa shape index (κ1) is 21.2. The number of methoxy groups -OCH3 is 1. The lowest BCUT2D eigenvalue weighted by atomic mass is 10.2. The molecule has 2 heterocycles. The average molecular weight is 445 g/mol. The van der Waals surface area contributed by atoms with Gasteiger partial charge in [-0.2, -0.15) is 18.2 Å². The first-order valence-corrected chi connectivity index (χ1v) is 9.40. The van der Waals surface area contributed by atoms with E-state index in [4.69, 9.17) is 9.15 Å². The van der Waals surface area contributed by atoms with Crippen LogP contribution in [0.25, 0.3) is 11.1 Å². The highest BCUT2D eigenvalue weighted by molar-refractivity contribution is 5.81. The maximum absolute atomic E-state index is 13.2. The summed E-state index contributed by atoms with van der Waals surface area (Å²) in [7, 11) is 1.29. The monoisotopic (exact) mass is 445 g/mol. The Labute approximate surface area is 179 Å². The summed E-state index contributed by atoms with van der Waals surface area (Å²) in [4.78, 5) is 22.6. The zero-order valence-electron chi connectivity index (χ0n) is 17.2. The lowest BCUT2D eigenvalue weighted by Gasteiger charge is -2.14. The number of nitrogens with one attached hydrogen (secondary N) is 3. The Bertz CT molecular complexity index is 1360. The van der Waals surface area contributed by atoms with Gasteiger partial charge in [0, 0.05) is 29.2 Å². The molecule has 0 radical (unpaired) electrons. The summed E-state index contributed by atoms with van der Waals surface area (Å²) in [6.07, 6.45) is -3.00. The van der Waals surface area contributed by atoms with E-state index in [9.17, 15) is 18.0 Å². The zero-order valence-corrected chi connectivity index (χ0v) is 17.2. The van der Waals surface area contributed by atoms with Crippen LogP contribution in [0.2, 0.25) is 0 Å². The maximum atomic E-state index is 13.2. The maximum Gasteiger partial charge on any atom is 0.417 e. The van der Waals surface area contributed by atoms with Crippen LogP contribution < -0.4 is 21.1 Å². The first-order valence-electron chi connectivity index (χ1n) is 9.40. The second-order valence-electron chi connectivity index (χ2n) is 7.11. The van der Waals surface area contributed by atoms with Crippen LogP contribution in [0.3, 0.4) is 0 Å². The number of H-pyrrole nitrogens is 1. The van der Waals surface area contributed by atoms with Gasteiger partial charge in [-0.3, -0.25) is 4.98 Å². The number of nitrogens with zero attached hydrogens (tertiary/aromatic N) is 2.